The van der Waals surface area contributed by atoms with Crippen molar-refractivity contribution in [3.8, 4) is 17.2 Å². The molecule has 0 aliphatic heterocycles. The van der Waals surface area contributed by atoms with E-state index in [0.717, 1.165) is 0 Å². The number of nitrogens with zero attached hydrogens (tertiary/aromatic N) is 2. The number of hydrogen-bond acceptors (Lipinski definition) is 6. The van der Waals surface area contributed by atoms with Crippen LogP contribution in [0.3, 0.4) is 0 Å². The Morgan fingerprint density at radius 1 is 1.11 bits per heavy atom. The lowest BCUT2D eigenvalue weighted by molar-refractivity contribution is -0.384. The first kappa shape index (κ1) is 18.2. The molecule has 0 saturated carbocycles. The number of nitro groups is 1. The zero-order chi connectivity index (χ0) is 19.6. The van der Waals surface area contributed by atoms with Gasteiger partial charge in [0.05, 0.1) is 31.3 Å². The van der Waals surface area contributed by atoms with Crippen LogP contribution >= 0.6 is 0 Å². The van der Waals surface area contributed by atoms with Crippen LogP contribution in [0.25, 0.3) is 16.6 Å². The van der Waals surface area contributed by atoms with E-state index in [1.54, 1.807) is 43.3 Å². The Balaban J connectivity index is 2.39. The van der Waals surface area contributed by atoms with Gasteiger partial charge >= 0.3 is 5.97 Å². The monoisotopic (exact) mass is 370 g/mol. The number of hydrogen-bond donors (Lipinski definition) is 0. The molecule has 27 heavy (non-hydrogen) atoms. The molecule has 0 radical (unpaired) electrons. The number of carbonyl (C=O) groups is 1. The smallest absolute Gasteiger partial charge is 0.355 e. The largest absolute Gasteiger partial charge is 0.493 e. The van der Waals surface area contributed by atoms with Crippen LogP contribution in [0.4, 0.5) is 5.69 Å². The van der Waals surface area contributed by atoms with Crippen molar-refractivity contribution in [2.75, 3.05) is 20.8 Å². The number of rotatable bonds is 6. The Bertz CT molecular complexity index is 1020. The second-order valence-corrected chi connectivity index (χ2v) is 5.60. The highest BCUT2D eigenvalue weighted by Crippen LogP contribution is 2.37. The number of aromatic nitrogens is 1. The predicted molar refractivity (Wildman–Crippen MR) is 99.0 cm³/mol. The number of fused-ring (bicyclic) bond motifs is 1. The van der Waals surface area contributed by atoms with E-state index in [1.807, 2.05) is 0 Å². The van der Waals surface area contributed by atoms with E-state index in [1.165, 1.54) is 24.9 Å². The second kappa shape index (κ2) is 7.36. The number of methoxy groups -OCH3 is 2. The summed E-state index contributed by atoms with van der Waals surface area (Å²) < 4.78 is 17.3. The molecule has 1 heterocycles. The quantitative estimate of drug-likeness (QED) is 0.373. The van der Waals surface area contributed by atoms with Crippen molar-refractivity contribution in [2.45, 2.75) is 6.92 Å². The van der Waals surface area contributed by atoms with Crippen LogP contribution in [-0.2, 0) is 4.74 Å². The summed E-state index contributed by atoms with van der Waals surface area (Å²) in [5, 5.41) is 12.2. The first-order chi connectivity index (χ1) is 13.0. The summed E-state index contributed by atoms with van der Waals surface area (Å²) in [5.41, 5.74) is 0.865. The SMILES string of the molecule is CCOC(=O)c1cc2cc(OC)c(OC)cc2n1-c1ccccc1[N+](=O)[O-]. The lowest BCUT2D eigenvalue weighted by Gasteiger charge is -2.12. The fourth-order valence-corrected chi connectivity index (χ4v) is 2.96. The van der Waals surface area contributed by atoms with Gasteiger partial charge in [-0.3, -0.25) is 14.7 Å². The number of nitro benzene ring substituents is 1. The minimum absolute atomic E-state index is 0.129. The fourth-order valence-electron chi connectivity index (χ4n) is 2.96. The van der Waals surface area contributed by atoms with Gasteiger partial charge in [0, 0.05) is 17.5 Å². The Kier molecular flexibility index (Phi) is 4.98. The average molecular weight is 370 g/mol. The van der Waals surface area contributed by atoms with Crippen LogP contribution in [0.2, 0.25) is 0 Å². The first-order valence-electron chi connectivity index (χ1n) is 8.20. The molecule has 0 unspecified atom stereocenters. The Morgan fingerprint density at radius 2 is 1.78 bits per heavy atom. The zero-order valence-electron chi connectivity index (χ0n) is 15.1. The molecular formula is C19H18N2O6. The summed E-state index contributed by atoms with van der Waals surface area (Å²) in [6.45, 7) is 1.88. The molecule has 8 nitrogen and oxygen atoms in total. The third-order valence-electron chi connectivity index (χ3n) is 4.11. The van der Waals surface area contributed by atoms with E-state index in [4.69, 9.17) is 14.2 Å². The van der Waals surface area contributed by atoms with Crippen molar-refractivity contribution in [1.82, 2.24) is 4.57 Å². The van der Waals surface area contributed by atoms with Crippen LogP contribution in [0.5, 0.6) is 11.5 Å². The summed E-state index contributed by atoms with van der Waals surface area (Å²) in [6.07, 6.45) is 0. The summed E-state index contributed by atoms with van der Waals surface area (Å²) in [7, 11) is 3.00. The predicted octanol–water partition coefficient (Wildman–Crippen LogP) is 3.73. The van der Waals surface area contributed by atoms with E-state index in [9.17, 15) is 14.9 Å². The third kappa shape index (κ3) is 3.17. The topological polar surface area (TPSA) is 92.8 Å². The van der Waals surface area contributed by atoms with Gasteiger partial charge < -0.3 is 14.2 Å². The minimum atomic E-state index is -0.579. The standard InChI is InChI=1S/C19H18N2O6/c1-4-27-19(22)16-9-12-10-17(25-2)18(26-3)11-15(12)20(16)13-7-5-6-8-14(13)21(23)24/h5-11H,4H2,1-3H3. The molecule has 140 valence electrons. The number of benzene rings is 2. The molecule has 0 spiro atoms. The Labute approximate surface area is 155 Å². The highest BCUT2D eigenvalue weighted by atomic mass is 16.6. The van der Waals surface area contributed by atoms with Crippen molar-refractivity contribution in [1.29, 1.82) is 0 Å². The zero-order valence-corrected chi connectivity index (χ0v) is 15.1. The van der Waals surface area contributed by atoms with Crippen molar-refractivity contribution in [3.05, 3.63) is 58.3 Å². The highest BCUT2D eigenvalue weighted by molar-refractivity contribution is 5.98. The molecule has 0 saturated heterocycles. The molecule has 0 fully saturated rings. The summed E-state index contributed by atoms with van der Waals surface area (Å²) >= 11 is 0. The molecule has 0 bridgehead atoms. The first-order valence-corrected chi connectivity index (χ1v) is 8.20. The maximum Gasteiger partial charge on any atom is 0.355 e. The normalized spacial score (nSPS) is 10.6. The van der Waals surface area contributed by atoms with Gasteiger partial charge in [-0.25, -0.2) is 4.79 Å². The van der Waals surface area contributed by atoms with E-state index >= 15 is 0 Å². The van der Waals surface area contributed by atoms with Crippen molar-refractivity contribution in [3.63, 3.8) is 0 Å². The third-order valence-corrected chi connectivity index (χ3v) is 4.11. The van der Waals surface area contributed by atoms with Gasteiger partial charge in [0.2, 0.25) is 0 Å². The van der Waals surface area contributed by atoms with Gasteiger partial charge in [-0.1, -0.05) is 12.1 Å². The van der Waals surface area contributed by atoms with Crippen LogP contribution in [0, 0.1) is 10.1 Å². The molecule has 0 aliphatic carbocycles. The summed E-state index contributed by atoms with van der Waals surface area (Å²) in [6, 6.07) is 11.2. The minimum Gasteiger partial charge on any atom is -0.493 e. The summed E-state index contributed by atoms with van der Waals surface area (Å²) in [5.74, 6) is 0.350. The van der Waals surface area contributed by atoms with Gasteiger partial charge in [-0.2, -0.15) is 0 Å². The molecule has 8 heteroatoms. The van der Waals surface area contributed by atoms with Gasteiger partial charge in [0.25, 0.3) is 5.69 Å². The molecule has 0 atom stereocenters. The van der Waals surface area contributed by atoms with E-state index in [2.05, 4.69) is 0 Å². The van der Waals surface area contributed by atoms with Gasteiger partial charge in [0.1, 0.15) is 11.4 Å². The van der Waals surface area contributed by atoms with Crippen molar-refractivity contribution in [2.24, 2.45) is 0 Å². The van der Waals surface area contributed by atoms with Crippen molar-refractivity contribution >= 4 is 22.6 Å². The fraction of sp³-hybridized carbons (Fsp3) is 0.211. The molecule has 0 amide bonds. The van der Waals surface area contributed by atoms with Gasteiger partial charge in [0.15, 0.2) is 11.5 Å². The second-order valence-electron chi connectivity index (χ2n) is 5.60. The molecular weight excluding hydrogens is 352 g/mol. The van der Waals surface area contributed by atoms with Crippen molar-refractivity contribution < 1.29 is 23.9 Å². The number of esters is 1. The molecule has 3 rings (SSSR count). The number of carbonyl (C=O) groups excluding carboxylic acids is 1. The molecule has 1 aromatic heterocycles. The van der Waals surface area contributed by atoms with Gasteiger partial charge in [-0.05, 0) is 25.1 Å². The van der Waals surface area contributed by atoms with E-state index < -0.39 is 10.9 Å². The average Bonchev–Trinajstić information content (AvgIpc) is 3.05. The Morgan fingerprint density at radius 3 is 2.41 bits per heavy atom. The number of para-hydroxylation sites is 2. The molecule has 2 aromatic carbocycles. The lowest BCUT2D eigenvalue weighted by atomic mass is 10.2. The lowest BCUT2D eigenvalue weighted by Crippen LogP contribution is -2.12. The van der Waals surface area contributed by atoms with E-state index in [-0.39, 0.29) is 23.7 Å². The maximum absolute atomic E-state index is 12.5. The number of ether oxygens (including phenoxy) is 3. The van der Waals surface area contributed by atoms with Crippen LogP contribution in [-0.4, -0.2) is 36.3 Å². The van der Waals surface area contributed by atoms with Crippen LogP contribution in [0.15, 0.2) is 42.5 Å². The highest BCUT2D eigenvalue weighted by Gasteiger charge is 2.24. The van der Waals surface area contributed by atoms with Crippen LogP contribution < -0.4 is 9.47 Å². The maximum atomic E-state index is 12.5. The molecule has 0 N–H and O–H groups in total. The molecule has 0 aliphatic rings. The van der Waals surface area contributed by atoms with Gasteiger partial charge in [-0.15, -0.1) is 0 Å². The summed E-state index contributed by atoms with van der Waals surface area (Å²) in [4.78, 5) is 23.5. The Hall–Kier alpha value is -3.55. The molecule has 3 aromatic rings. The van der Waals surface area contributed by atoms with Crippen LogP contribution in [0.1, 0.15) is 17.4 Å². The van der Waals surface area contributed by atoms with E-state index in [0.29, 0.717) is 22.4 Å².